The van der Waals surface area contributed by atoms with Crippen molar-refractivity contribution < 1.29 is 29.0 Å². The Bertz CT molecular complexity index is 1500. The predicted octanol–water partition coefficient (Wildman–Crippen LogP) is 2.14. The van der Waals surface area contributed by atoms with Crippen molar-refractivity contribution in [3.05, 3.63) is 71.9 Å². The lowest BCUT2D eigenvalue weighted by Gasteiger charge is -2.41. The Balaban J connectivity index is 1.25. The van der Waals surface area contributed by atoms with E-state index in [4.69, 9.17) is 10.5 Å². The number of likely N-dealkylation sites (tertiary alicyclic amines) is 1. The molecule has 2 aromatic carbocycles. The number of benzene rings is 2. The highest BCUT2D eigenvalue weighted by atomic mass is 16.6. The second-order valence-corrected chi connectivity index (χ2v) is 11.2. The number of amides is 4. The number of nitrogens with two attached hydrogens (primary N) is 1. The molecule has 2 aliphatic heterocycles. The Hall–Kier alpha value is -4.71. The molecule has 4 N–H and O–H groups in total. The quantitative estimate of drug-likeness (QED) is 0.336. The summed E-state index contributed by atoms with van der Waals surface area (Å²) in [7, 11) is 0. The smallest absolute Gasteiger partial charge is 0.410 e. The fourth-order valence-corrected chi connectivity index (χ4v) is 5.58. The molecular weight excluding hydrogens is 564 g/mol. The van der Waals surface area contributed by atoms with Crippen molar-refractivity contribution in [3.63, 3.8) is 0 Å². The Kier molecular flexibility index (Phi) is 9.90. The minimum atomic E-state index is -1.01. The van der Waals surface area contributed by atoms with Gasteiger partial charge in [0.05, 0.1) is 12.6 Å². The molecule has 0 spiro atoms. The van der Waals surface area contributed by atoms with Crippen molar-refractivity contribution >= 4 is 34.6 Å². The molecule has 12 heteroatoms. The molecule has 1 aromatic heterocycles. The lowest BCUT2D eigenvalue weighted by Crippen LogP contribution is -2.63. The standard InChI is InChI=1S/C32H38N6O6/c33-26(10-11-29(40)36-12-4-5-13-36)31(42)38-15-14-37(32(43)44-21-22-6-2-1-3-7-22)20-27(38)30(41)35-18-23-8-9-24-19-34-28(39)17-25(24)16-23/h1-3,6-9,16-17,19,26-27H,4-5,10-15,18,20-21,33H2,(H,34,39)(H,35,41). The molecule has 0 saturated carbocycles. The molecule has 0 radical (unpaired) electrons. The van der Waals surface area contributed by atoms with E-state index in [1.54, 1.807) is 11.1 Å². The molecule has 0 bridgehead atoms. The number of fused-ring (bicyclic) bond motifs is 1. The fourth-order valence-electron chi connectivity index (χ4n) is 5.58. The molecule has 0 aliphatic carbocycles. The second-order valence-electron chi connectivity index (χ2n) is 11.2. The van der Waals surface area contributed by atoms with E-state index in [-0.39, 0.29) is 57.4 Å². The molecule has 12 nitrogen and oxygen atoms in total. The van der Waals surface area contributed by atoms with Crippen molar-refractivity contribution in [1.82, 2.24) is 25.0 Å². The van der Waals surface area contributed by atoms with Crippen LogP contribution in [-0.2, 0) is 32.3 Å². The van der Waals surface area contributed by atoms with Crippen LogP contribution in [-0.4, -0.2) is 93.4 Å². The topological polar surface area (TPSA) is 158 Å². The fraction of sp³-hybridized carbons (Fsp3) is 0.406. The maximum absolute atomic E-state index is 13.6. The summed E-state index contributed by atoms with van der Waals surface area (Å²) in [4.78, 5) is 61.1. The molecule has 232 valence electrons. The van der Waals surface area contributed by atoms with Crippen molar-refractivity contribution in [2.45, 2.75) is 50.9 Å². The first kappa shape index (κ1) is 30.7. The third-order valence-corrected chi connectivity index (χ3v) is 8.11. The number of ether oxygens (including phenoxy) is 1. The van der Waals surface area contributed by atoms with E-state index in [0.717, 1.165) is 47.8 Å². The SMILES string of the molecule is NC(CCC(=O)N1CCCC1)C(=O)N1CCN(C(=O)OCc2ccccc2)CC1C(=O)NCc1ccc2cnc(O)cc2c1. The normalized spacial score (nSPS) is 17.4. The molecule has 2 fully saturated rings. The van der Waals surface area contributed by atoms with Crippen LogP contribution >= 0.6 is 0 Å². The summed E-state index contributed by atoms with van der Waals surface area (Å²) in [6.07, 6.45) is 3.26. The molecule has 2 saturated heterocycles. The van der Waals surface area contributed by atoms with Gasteiger partial charge in [-0.1, -0.05) is 42.5 Å². The van der Waals surface area contributed by atoms with E-state index in [1.807, 2.05) is 48.5 Å². The number of nitrogens with one attached hydrogen (secondary N) is 1. The van der Waals surface area contributed by atoms with Gasteiger partial charge >= 0.3 is 6.09 Å². The highest BCUT2D eigenvalue weighted by Crippen LogP contribution is 2.20. The summed E-state index contributed by atoms with van der Waals surface area (Å²) >= 11 is 0. The molecule has 2 atom stereocenters. The molecule has 44 heavy (non-hydrogen) atoms. The van der Waals surface area contributed by atoms with Gasteiger partial charge in [-0.3, -0.25) is 14.4 Å². The number of hydrogen-bond donors (Lipinski definition) is 3. The van der Waals surface area contributed by atoms with Crippen LogP contribution in [0.2, 0.25) is 0 Å². The zero-order valence-electron chi connectivity index (χ0n) is 24.6. The van der Waals surface area contributed by atoms with Crippen LogP contribution in [0.1, 0.15) is 36.8 Å². The van der Waals surface area contributed by atoms with Crippen LogP contribution in [0.15, 0.2) is 60.8 Å². The van der Waals surface area contributed by atoms with Crippen LogP contribution in [0.5, 0.6) is 5.88 Å². The van der Waals surface area contributed by atoms with Gasteiger partial charge in [-0.25, -0.2) is 9.78 Å². The van der Waals surface area contributed by atoms with Gasteiger partial charge in [-0.05, 0) is 41.8 Å². The third-order valence-electron chi connectivity index (χ3n) is 8.11. The molecular formula is C32H38N6O6. The van der Waals surface area contributed by atoms with Crippen LogP contribution in [0.25, 0.3) is 10.8 Å². The minimum Gasteiger partial charge on any atom is -0.493 e. The highest BCUT2D eigenvalue weighted by molar-refractivity contribution is 5.91. The van der Waals surface area contributed by atoms with Gasteiger partial charge in [0.25, 0.3) is 0 Å². The maximum atomic E-state index is 13.6. The molecule has 2 aliphatic rings. The Labute approximate surface area is 255 Å². The number of carbonyl (C=O) groups is 4. The monoisotopic (exact) mass is 602 g/mol. The number of piperazine rings is 1. The maximum Gasteiger partial charge on any atom is 0.410 e. The molecule has 2 unspecified atom stereocenters. The van der Waals surface area contributed by atoms with Gasteiger partial charge < -0.3 is 35.6 Å². The van der Waals surface area contributed by atoms with Gasteiger partial charge in [-0.15, -0.1) is 0 Å². The van der Waals surface area contributed by atoms with Gasteiger partial charge in [0.1, 0.15) is 12.6 Å². The largest absolute Gasteiger partial charge is 0.493 e. The number of hydrogen-bond acceptors (Lipinski definition) is 8. The van der Waals surface area contributed by atoms with E-state index in [0.29, 0.717) is 0 Å². The van der Waals surface area contributed by atoms with Crippen LogP contribution in [0, 0.1) is 0 Å². The zero-order chi connectivity index (χ0) is 31.1. The summed E-state index contributed by atoms with van der Waals surface area (Å²) in [5, 5.41) is 14.2. The van der Waals surface area contributed by atoms with Gasteiger partial charge in [0, 0.05) is 56.8 Å². The Morgan fingerprint density at radius 2 is 1.73 bits per heavy atom. The number of pyridine rings is 1. The minimum absolute atomic E-state index is 0.0227. The number of aromatic hydroxyl groups is 1. The van der Waals surface area contributed by atoms with Crippen LogP contribution < -0.4 is 11.1 Å². The Morgan fingerprint density at radius 1 is 0.955 bits per heavy atom. The molecule has 3 heterocycles. The van der Waals surface area contributed by atoms with Gasteiger partial charge in [0.15, 0.2) is 0 Å². The van der Waals surface area contributed by atoms with Crippen LogP contribution in [0.3, 0.4) is 0 Å². The van der Waals surface area contributed by atoms with E-state index < -0.39 is 30.0 Å². The first-order valence-electron chi connectivity index (χ1n) is 14.9. The zero-order valence-corrected chi connectivity index (χ0v) is 24.6. The van der Waals surface area contributed by atoms with Crippen molar-refractivity contribution in [2.75, 3.05) is 32.7 Å². The van der Waals surface area contributed by atoms with E-state index in [9.17, 15) is 24.3 Å². The number of rotatable bonds is 9. The lowest BCUT2D eigenvalue weighted by molar-refractivity contribution is -0.145. The first-order chi connectivity index (χ1) is 21.3. The summed E-state index contributed by atoms with van der Waals surface area (Å²) in [5.41, 5.74) is 7.88. The van der Waals surface area contributed by atoms with Gasteiger partial charge in [0.2, 0.25) is 23.6 Å². The summed E-state index contributed by atoms with van der Waals surface area (Å²) in [6.45, 7) is 1.88. The number of aromatic nitrogens is 1. The average Bonchev–Trinajstić information content (AvgIpc) is 3.60. The van der Waals surface area contributed by atoms with Crippen molar-refractivity contribution in [3.8, 4) is 5.88 Å². The van der Waals surface area contributed by atoms with Crippen molar-refractivity contribution in [1.29, 1.82) is 0 Å². The summed E-state index contributed by atoms with van der Waals surface area (Å²) in [5.74, 6) is -1.01. The van der Waals surface area contributed by atoms with E-state index in [2.05, 4.69) is 10.3 Å². The third kappa shape index (κ3) is 7.62. The second kappa shape index (κ2) is 14.2. The van der Waals surface area contributed by atoms with Gasteiger partial charge in [-0.2, -0.15) is 0 Å². The average molecular weight is 603 g/mol. The summed E-state index contributed by atoms with van der Waals surface area (Å²) in [6, 6.07) is 14.4. The highest BCUT2D eigenvalue weighted by Gasteiger charge is 2.39. The molecule has 5 rings (SSSR count). The number of nitrogens with zero attached hydrogens (tertiary/aromatic N) is 4. The first-order valence-corrected chi connectivity index (χ1v) is 14.9. The molecule has 4 amide bonds. The lowest BCUT2D eigenvalue weighted by atomic mass is 10.1. The molecule has 3 aromatic rings. The van der Waals surface area contributed by atoms with Crippen molar-refractivity contribution in [2.24, 2.45) is 5.73 Å². The summed E-state index contributed by atoms with van der Waals surface area (Å²) < 4.78 is 5.49. The Morgan fingerprint density at radius 3 is 2.50 bits per heavy atom. The van der Waals surface area contributed by atoms with Crippen LogP contribution in [0.4, 0.5) is 4.79 Å². The van der Waals surface area contributed by atoms with E-state index >= 15 is 0 Å². The number of carbonyl (C=O) groups excluding carboxylic acids is 4. The predicted molar refractivity (Wildman–Crippen MR) is 162 cm³/mol. The van der Waals surface area contributed by atoms with E-state index in [1.165, 1.54) is 15.9 Å².